The van der Waals surface area contributed by atoms with E-state index in [2.05, 4.69) is 49.7 Å². The van der Waals surface area contributed by atoms with E-state index >= 15 is 0 Å². The smallest absolute Gasteiger partial charge is 0.101 e. The Labute approximate surface area is 122 Å². The Bertz CT molecular complexity index is 403. The molecule has 3 heteroatoms. The lowest BCUT2D eigenvalue weighted by atomic mass is 10.1. The number of thioether (sulfide) groups is 1. The summed E-state index contributed by atoms with van der Waals surface area (Å²) in [5.41, 5.74) is 1.44. The predicted octanol–water partition coefficient (Wildman–Crippen LogP) is 4.38. The van der Waals surface area contributed by atoms with Gasteiger partial charge < -0.3 is 0 Å². The molecule has 1 aliphatic heterocycles. The minimum atomic E-state index is 0.581. The third-order valence-corrected chi connectivity index (χ3v) is 4.51. The van der Waals surface area contributed by atoms with Crippen molar-refractivity contribution in [2.75, 3.05) is 13.1 Å². The molecule has 1 saturated heterocycles. The zero-order valence-corrected chi connectivity index (χ0v) is 13.4. The standard InChI is InChI=1S/C16H26N2S/c1-12(2)11-18-10-6-8-15(18)14-7-5-9-17-16(14)19-13(3)4/h5,7,9,12-13,15H,6,8,10-11H2,1-4H3. The zero-order chi connectivity index (χ0) is 13.8. The molecule has 19 heavy (non-hydrogen) atoms. The third-order valence-electron chi connectivity index (χ3n) is 3.47. The second-order valence-electron chi connectivity index (χ2n) is 6.11. The lowest BCUT2D eigenvalue weighted by Crippen LogP contribution is -2.27. The van der Waals surface area contributed by atoms with Gasteiger partial charge in [-0.3, -0.25) is 4.90 Å². The first kappa shape index (κ1) is 14.9. The van der Waals surface area contributed by atoms with E-state index in [9.17, 15) is 0 Å². The quantitative estimate of drug-likeness (QED) is 0.744. The van der Waals surface area contributed by atoms with Gasteiger partial charge >= 0.3 is 0 Å². The van der Waals surface area contributed by atoms with Crippen LogP contribution in [0.25, 0.3) is 0 Å². The maximum atomic E-state index is 4.61. The van der Waals surface area contributed by atoms with Crippen molar-refractivity contribution in [3.05, 3.63) is 23.9 Å². The Hall–Kier alpha value is -0.540. The van der Waals surface area contributed by atoms with Crippen LogP contribution in [-0.2, 0) is 0 Å². The van der Waals surface area contributed by atoms with Crippen molar-refractivity contribution in [2.45, 2.75) is 56.9 Å². The van der Waals surface area contributed by atoms with Crippen molar-refractivity contribution >= 4 is 11.8 Å². The summed E-state index contributed by atoms with van der Waals surface area (Å²) in [5, 5.41) is 1.83. The molecule has 2 heterocycles. The highest BCUT2D eigenvalue weighted by Crippen LogP contribution is 2.37. The second-order valence-corrected chi connectivity index (χ2v) is 7.68. The first-order valence-corrected chi connectivity index (χ1v) is 8.31. The average molecular weight is 278 g/mol. The van der Waals surface area contributed by atoms with Gasteiger partial charge in [-0.25, -0.2) is 4.98 Å². The number of rotatable bonds is 5. The molecule has 106 valence electrons. The van der Waals surface area contributed by atoms with Crippen molar-refractivity contribution in [3.8, 4) is 0 Å². The molecule has 1 aliphatic rings. The van der Waals surface area contributed by atoms with Gasteiger partial charge in [0.25, 0.3) is 0 Å². The Balaban J connectivity index is 2.20. The largest absolute Gasteiger partial charge is 0.296 e. The molecule has 1 aromatic heterocycles. The summed E-state index contributed by atoms with van der Waals surface area (Å²) < 4.78 is 0. The van der Waals surface area contributed by atoms with Gasteiger partial charge in [0.2, 0.25) is 0 Å². The van der Waals surface area contributed by atoms with Crippen molar-refractivity contribution in [2.24, 2.45) is 5.92 Å². The predicted molar refractivity (Wildman–Crippen MR) is 83.6 cm³/mol. The van der Waals surface area contributed by atoms with Crippen molar-refractivity contribution in [3.63, 3.8) is 0 Å². The van der Waals surface area contributed by atoms with Crippen LogP contribution in [0.5, 0.6) is 0 Å². The van der Waals surface area contributed by atoms with Crippen LogP contribution in [0.15, 0.2) is 23.4 Å². The summed E-state index contributed by atoms with van der Waals surface area (Å²) in [6.45, 7) is 11.5. The molecule has 0 N–H and O–H groups in total. The van der Waals surface area contributed by atoms with Crippen molar-refractivity contribution in [1.82, 2.24) is 9.88 Å². The summed E-state index contributed by atoms with van der Waals surface area (Å²) in [5.74, 6) is 0.735. The number of nitrogens with zero attached hydrogens (tertiary/aromatic N) is 2. The highest BCUT2D eigenvalue weighted by Gasteiger charge is 2.28. The van der Waals surface area contributed by atoms with Gasteiger partial charge in [-0.1, -0.05) is 33.8 Å². The number of pyridine rings is 1. The normalized spacial score (nSPS) is 20.6. The molecule has 0 bridgehead atoms. The number of likely N-dealkylation sites (tertiary alicyclic amines) is 1. The Morgan fingerprint density at radius 2 is 2.16 bits per heavy atom. The topological polar surface area (TPSA) is 16.1 Å². The van der Waals surface area contributed by atoms with Crippen LogP contribution < -0.4 is 0 Å². The highest BCUT2D eigenvalue weighted by molar-refractivity contribution is 7.99. The van der Waals surface area contributed by atoms with Gasteiger partial charge in [0, 0.05) is 29.6 Å². The minimum absolute atomic E-state index is 0.581. The SMILES string of the molecule is CC(C)CN1CCCC1c1cccnc1SC(C)C. The monoisotopic (exact) mass is 278 g/mol. The van der Waals surface area contributed by atoms with Gasteiger partial charge in [0.15, 0.2) is 0 Å². The van der Waals surface area contributed by atoms with Crippen LogP contribution in [0.2, 0.25) is 0 Å². The van der Waals surface area contributed by atoms with Crippen molar-refractivity contribution in [1.29, 1.82) is 0 Å². The van der Waals surface area contributed by atoms with Gasteiger partial charge in [-0.15, -0.1) is 11.8 Å². The van der Waals surface area contributed by atoms with Crippen LogP contribution in [0, 0.1) is 5.92 Å². The summed E-state index contributed by atoms with van der Waals surface area (Å²) in [6.07, 6.45) is 4.53. The van der Waals surface area contributed by atoms with Gasteiger partial charge in [0.05, 0.1) is 0 Å². The number of hydrogen-bond donors (Lipinski definition) is 0. The van der Waals surface area contributed by atoms with Gasteiger partial charge in [-0.05, 0) is 31.4 Å². The maximum absolute atomic E-state index is 4.61. The van der Waals surface area contributed by atoms with Crippen molar-refractivity contribution < 1.29 is 0 Å². The fourth-order valence-corrected chi connectivity index (χ4v) is 3.75. The third kappa shape index (κ3) is 3.96. The fourth-order valence-electron chi connectivity index (χ4n) is 2.84. The molecular formula is C16H26N2S. The molecule has 1 atom stereocenters. The van der Waals surface area contributed by atoms with Crippen LogP contribution in [0.1, 0.15) is 52.1 Å². The molecular weight excluding hydrogens is 252 g/mol. The van der Waals surface area contributed by atoms with E-state index in [1.54, 1.807) is 0 Å². The Morgan fingerprint density at radius 3 is 2.84 bits per heavy atom. The van der Waals surface area contributed by atoms with Crippen LogP contribution in [-0.4, -0.2) is 28.2 Å². The van der Waals surface area contributed by atoms with E-state index in [0.29, 0.717) is 11.3 Å². The van der Waals surface area contributed by atoms with E-state index < -0.39 is 0 Å². The summed E-state index contributed by atoms with van der Waals surface area (Å²) in [7, 11) is 0. The molecule has 1 fully saturated rings. The molecule has 0 saturated carbocycles. The van der Waals surface area contributed by atoms with E-state index in [-0.39, 0.29) is 0 Å². The molecule has 0 aromatic carbocycles. The summed E-state index contributed by atoms with van der Waals surface area (Å²) in [4.78, 5) is 7.26. The zero-order valence-electron chi connectivity index (χ0n) is 12.6. The molecule has 0 radical (unpaired) electrons. The van der Waals surface area contributed by atoms with E-state index in [4.69, 9.17) is 0 Å². The maximum Gasteiger partial charge on any atom is 0.101 e. The van der Waals surface area contributed by atoms with Gasteiger partial charge in [-0.2, -0.15) is 0 Å². The molecule has 2 nitrogen and oxygen atoms in total. The molecule has 0 amide bonds. The Morgan fingerprint density at radius 1 is 1.37 bits per heavy atom. The molecule has 2 rings (SSSR count). The molecule has 1 unspecified atom stereocenters. The fraction of sp³-hybridized carbons (Fsp3) is 0.688. The average Bonchev–Trinajstić information content (AvgIpc) is 2.76. The molecule has 1 aromatic rings. The van der Waals surface area contributed by atoms with E-state index in [0.717, 1.165) is 5.92 Å². The summed E-state index contributed by atoms with van der Waals surface area (Å²) in [6, 6.07) is 4.95. The highest BCUT2D eigenvalue weighted by atomic mass is 32.2. The second kappa shape index (κ2) is 6.76. The molecule has 0 aliphatic carbocycles. The lowest BCUT2D eigenvalue weighted by molar-refractivity contribution is 0.226. The minimum Gasteiger partial charge on any atom is -0.296 e. The van der Waals surface area contributed by atoms with Crippen LogP contribution in [0.3, 0.4) is 0 Å². The van der Waals surface area contributed by atoms with Crippen LogP contribution >= 0.6 is 11.8 Å². The van der Waals surface area contributed by atoms with E-state index in [1.807, 2.05) is 18.0 Å². The molecule has 0 spiro atoms. The van der Waals surface area contributed by atoms with E-state index in [1.165, 1.54) is 36.5 Å². The Kier molecular flexibility index (Phi) is 5.28. The first-order chi connectivity index (χ1) is 9.08. The van der Waals surface area contributed by atoms with Crippen LogP contribution in [0.4, 0.5) is 0 Å². The summed E-state index contributed by atoms with van der Waals surface area (Å²) >= 11 is 1.90. The van der Waals surface area contributed by atoms with Gasteiger partial charge in [0.1, 0.15) is 5.03 Å². The lowest BCUT2D eigenvalue weighted by Gasteiger charge is -2.27. The number of hydrogen-bond acceptors (Lipinski definition) is 3. The first-order valence-electron chi connectivity index (χ1n) is 7.43. The number of aromatic nitrogens is 1.